The van der Waals surface area contributed by atoms with Gasteiger partial charge in [-0.2, -0.15) is 0 Å². The molecule has 0 unspecified atom stereocenters. The van der Waals surface area contributed by atoms with Gasteiger partial charge in [0, 0.05) is 11.3 Å². The third kappa shape index (κ3) is 5.18. The molecule has 3 rings (SSSR count). The van der Waals surface area contributed by atoms with E-state index in [1.807, 2.05) is 19.1 Å². The van der Waals surface area contributed by atoms with Crippen LogP contribution in [-0.2, 0) is 22.4 Å². The lowest BCUT2D eigenvalue weighted by atomic mass is 9.95. The van der Waals surface area contributed by atoms with Gasteiger partial charge in [0.2, 0.25) is 5.91 Å². The van der Waals surface area contributed by atoms with Gasteiger partial charge in [-0.1, -0.05) is 12.1 Å². The van der Waals surface area contributed by atoms with E-state index in [1.165, 1.54) is 21.8 Å². The van der Waals surface area contributed by atoms with Crippen molar-refractivity contribution < 1.29 is 19.1 Å². The number of fused-ring (bicyclic) bond motifs is 1. The Morgan fingerprint density at radius 1 is 1.17 bits per heavy atom. The third-order valence-corrected chi connectivity index (χ3v) is 6.47. The minimum absolute atomic E-state index is 0.0984. The molecule has 0 spiro atoms. The van der Waals surface area contributed by atoms with Crippen LogP contribution in [0.3, 0.4) is 0 Å². The van der Waals surface area contributed by atoms with E-state index in [9.17, 15) is 9.59 Å². The highest BCUT2D eigenvalue weighted by Crippen LogP contribution is 2.38. The van der Waals surface area contributed by atoms with Crippen molar-refractivity contribution in [2.75, 3.05) is 18.5 Å². The largest absolute Gasteiger partial charge is 0.493 e. The van der Waals surface area contributed by atoms with Crippen LogP contribution in [0.2, 0.25) is 0 Å². The number of anilines is 1. The smallest absolute Gasteiger partial charge is 0.341 e. The van der Waals surface area contributed by atoms with E-state index >= 15 is 0 Å². The van der Waals surface area contributed by atoms with Gasteiger partial charge < -0.3 is 14.8 Å². The summed E-state index contributed by atoms with van der Waals surface area (Å²) in [5.41, 5.74) is 3.94. The summed E-state index contributed by atoms with van der Waals surface area (Å²) in [6, 6.07) is 5.97. The summed E-state index contributed by atoms with van der Waals surface area (Å²) in [4.78, 5) is 26.1. The Hall–Kier alpha value is -2.34. The van der Waals surface area contributed by atoms with Crippen LogP contribution in [0, 0.1) is 13.8 Å². The molecule has 6 heteroatoms. The Labute approximate surface area is 176 Å². The van der Waals surface area contributed by atoms with Crippen molar-refractivity contribution in [3.63, 3.8) is 0 Å². The van der Waals surface area contributed by atoms with E-state index in [1.54, 1.807) is 6.92 Å². The van der Waals surface area contributed by atoms with Crippen LogP contribution >= 0.6 is 11.3 Å². The first kappa shape index (κ1) is 21.4. The number of carbonyl (C=O) groups is 2. The molecular weight excluding hydrogens is 386 g/mol. The number of benzene rings is 1. The molecule has 2 aromatic rings. The molecule has 156 valence electrons. The Balaban J connectivity index is 1.58. The van der Waals surface area contributed by atoms with Gasteiger partial charge >= 0.3 is 5.97 Å². The SMILES string of the molecule is CCOC(=O)c1c(NC(=O)CCCOc2cccc(C)c2C)sc2c1CCCC2. The molecule has 0 radical (unpaired) electrons. The molecule has 0 aliphatic heterocycles. The number of aryl methyl sites for hydroxylation is 2. The molecule has 1 aliphatic rings. The summed E-state index contributed by atoms with van der Waals surface area (Å²) < 4.78 is 11.1. The van der Waals surface area contributed by atoms with Crippen LogP contribution < -0.4 is 10.1 Å². The van der Waals surface area contributed by atoms with E-state index in [0.717, 1.165) is 42.6 Å². The number of ether oxygens (including phenoxy) is 2. The molecule has 0 saturated carbocycles. The van der Waals surface area contributed by atoms with Gasteiger partial charge in [-0.3, -0.25) is 4.79 Å². The molecule has 0 fully saturated rings. The molecule has 1 heterocycles. The molecule has 0 atom stereocenters. The van der Waals surface area contributed by atoms with Crippen LogP contribution in [0.4, 0.5) is 5.00 Å². The monoisotopic (exact) mass is 415 g/mol. The van der Waals surface area contributed by atoms with Crippen molar-refractivity contribution in [1.29, 1.82) is 0 Å². The maximum absolute atomic E-state index is 12.5. The molecule has 1 aromatic carbocycles. The van der Waals surface area contributed by atoms with Gasteiger partial charge in [0.15, 0.2) is 0 Å². The fourth-order valence-electron chi connectivity index (χ4n) is 3.56. The maximum Gasteiger partial charge on any atom is 0.341 e. The van der Waals surface area contributed by atoms with Crippen LogP contribution in [0.15, 0.2) is 18.2 Å². The van der Waals surface area contributed by atoms with E-state index in [-0.39, 0.29) is 11.9 Å². The van der Waals surface area contributed by atoms with E-state index in [4.69, 9.17) is 9.47 Å². The first-order valence-electron chi connectivity index (χ1n) is 10.3. The highest BCUT2D eigenvalue weighted by Gasteiger charge is 2.27. The zero-order valence-corrected chi connectivity index (χ0v) is 18.2. The lowest BCUT2D eigenvalue weighted by molar-refractivity contribution is -0.116. The first-order valence-corrected chi connectivity index (χ1v) is 11.1. The highest BCUT2D eigenvalue weighted by molar-refractivity contribution is 7.17. The summed E-state index contributed by atoms with van der Waals surface area (Å²) >= 11 is 1.52. The van der Waals surface area contributed by atoms with Crippen molar-refractivity contribution >= 4 is 28.2 Å². The first-order chi connectivity index (χ1) is 14.0. The number of nitrogens with one attached hydrogen (secondary N) is 1. The normalized spacial score (nSPS) is 12.9. The Kier molecular flexibility index (Phi) is 7.31. The lowest BCUT2D eigenvalue weighted by Crippen LogP contribution is -2.16. The van der Waals surface area contributed by atoms with Crippen LogP contribution in [0.25, 0.3) is 0 Å². The highest BCUT2D eigenvalue weighted by atomic mass is 32.1. The van der Waals surface area contributed by atoms with Gasteiger partial charge in [-0.25, -0.2) is 4.79 Å². The van der Waals surface area contributed by atoms with E-state index in [0.29, 0.717) is 36.6 Å². The summed E-state index contributed by atoms with van der Waals surface area (Å²) in [5, 5.41) is 3.58. The minimum Gasteiger partial charge on any atom is -0.493 e. The number of rotatable bonds is 8. The number of carbonyl (C=O) groups excluding carboxylic acids is 2. The molecule has 1 amide bonds. The predicted molar refractivity (Wildman–Crippen MR) is 116 cm³/mol. The number of esters is 1. The van der Waals surface area contributed by atoms with Crippen molar-refractivity contribution in [3.8, 4) is 5.75 Å². The quantitative estimate of drug-likeness (QED) is 0.474. The van der Waals surface area contributed by atoms with Crippen LogP contribution in [-0.4, -0.2) is 25.1 Å². The van der Waals surface area contributed by atoms with E-state index < -0.39 is 0 Å². The summed E-state index contributed by atoms with van der Waals surface area (Å²) in [6.45, 7) is 6.69. The second-order valence-electron chi connectivity index (χ2n) is 7.33. The van der Waals surface area contributed by atoms with Gasteiger partial charge in [-0.05, 0) is 75.6 Å². The molecule has 1 aliphatic carbocycles. The van der Waals surface area contributed by atoms with Crippen molar-refractivity contribution in [2.24, 2.45) is 0 Å². The number of amides is 1. The Bertz CT molecular complexity index is 887. The number of thiophene rings is 1. The van der Waals surface area contributed by atoms with Crippen molar-refractivity contribution in [1.82, 2.24) is 0 Å². The fraction of sp³-hybridized carbons (Fsp3) is 0.478. The minimum atomic E-state index is -0.333. The molecule has 0 bridgehead atoms. The second kappa shape index (κ2) is 9.92. The second-order valence-corrected chi connectivity index (χ2v) is 8.44. The van der Waals surface area contributed by atoms with Gasteiger partial charge in [0.05, 0.1) is 18.8 Å². The van der Waals surface area contributed by atoms with E-state index in [2.05, 4.69) is 18.3 Å². The van der Waals surface area contributed by atoms with Crippen LogP contribution in [0.5, 0.6) is 5.75 Å². The maximum atomic E-state index is 12.5. The molecular formula is C23H29NO4S. The van der Waals surface area contributed by atoms with Crippen molar-refractivity contribution in [3.05, 3.63) is 45.3 Å². The fourth-order valence-corrected chi connectivity index (χ4v) is 4.85. The van der Waals surface area contributed by atoms with Crippen molar-refractivity contribution in [2.45, 2.75) is 59.3 Å². The Morgan fingerprint density at radius 3 is 2.76 bits per heavy atom. The van der Waals surface area contributed by atoms with Gasteiger partial charge in [-0.15, -0.1) is 11.3 Å². The van der Waals surface area contributed by atoms with Crippen LogP contribution in [0.1, 0.15) is 64.5 Å². The average Bonchev–Trinajstić information content (AvgIpc) is 3.06. The molecule has 0 saturated heterocycles. The molecule has 1 aromatic heterocycles. The predicted octanol–water partition coefficient (Wildman–Crippen LogP) is 5.22. The number of hydrogen-bond donors (Lipinski definition) is 1. The molecule has 5 nitrogen and oxygen atoms in total. The molecule has 29 heavy (non-hydrogen) atoms. The zero-order chi connectivity index (χ0) is 20.8. The molecule has 1 N–H and O–H groups in total. The average molecular weight is 416 g/mol. The Morgan fingerprint density at radius 2 is 1.97 bits per heavy atom. The summed E-state index contributed by atoms with van der Waals surface area (Å²) in [5.74, 6) is 0.431. The van der Waals surface area contributed by atoms with Gasteiger partial charge in [0.25, 0.3) is 0 Å². The third-order valence-electron chi connectivity index (χ3n) is 5.26. The number of hydrogen-bond acceptors (Lipinski definition) is 5. The zero-order valence-electron chi connectivity index (χ0n) is 17.4. The summed E-state index contributed by atoms with van der Waals surface area (Å²) in [7, 11) is 0. The standard InChI is InChI=1S/C23H29NO4S/c1-4-27-23(26)21-17-10-5-6-12-19(17)29-22(21)24-20(25)13-8-14-28-18-11-7-9-15(2)16(18)3/h7,9,11H,4-6,8,10,12-14H2,1-3H3,(H,24,25). The topological polar surface area (TPSA) is 64.6 Å². The summed E-state index contributed by atoms with van der Waals surface area (Å²) in [6.07, 6.45) is 4.98. The lowest BCUT2D eigenvalue weighted by Gasteiger charge is -2.12. The van der Waals surface area contributed by atoms with Gasteiger partial charge in [0.1, 0.15) is 10.8 Å².